The number of nitrogens with zero attached hydrogens (tertiary/aromatic N) is 4. The van der Waals surface area contributed by atoms with Crippen LogP contribution in [0.15, 0.2) is 52.8 Å². The van der Waals surface area contributed by atoms with Gasteiger partial charge in [-0.15, -0.1) is 10.2 Å². The zero-order valence-electron chi connectivity index (χ0n) is 10.6. The van der Waals surface area contributed by atoms with Crippen LogP contribution >= 0.6 is 23.2 Å². The van der Waals surface area contributed by atoms with Gasteiger partial charge in [-0.1, -0.05) is 29.3 Å². The summed E-state index contributed by atoms with van der Waals surface area (Å²) in [5.74, 6) is 0.687. The third-order valence-electron chi connectivity index (χ3n) is 2.83. The number of fused-ring (bicyclic) bond motifs is 1. The van der Waals surface area contributed by atoms with Gasteiger partial charge in [-0.2, -0.15) is 0 Å². The fraction of sp³-hybridized carbons (Fsp3) is 0.0714. The van der Waals surface area contributed by atoms with Crippen LogP contribution in [-0.4, -0.2) is 9.38 Å². The molecule has 0 radical (unpaired) electrons. The third kappa shape index (κ3) is 2.40. The van der Waals surface area contributed by atoms with Crippen molar-refractivity contribution in [3.05, 3.63) is 58.3 Å². The SMILES string of the molecule is Cc1nc2ccccn2c1N=Nc1ccc(Cl)cc1Cl. The van der Waals surface area contributed by atoms with Crippen LogP contribution in [0.25, 0.3) is 5.65 Å². The van der Waals surface area contributed by atoms with E-state index in [1.165, 1.54) is 0 Å². The van der Waals surface area contributed by atoms with E-state index in [4.69, 9.17) is 23.2 Å². The number of hydrogen-bond donors (Lipinski definition) is 0. The van der Waals surface area contributed by atoms with Crippen molar-refractivity contribution in [1.82, 2.24) is 9.38 Å². The van der Waals surface area contributed by atoms with Gasteiger partial charge in [0.15, 0.2) is 5.82 Å². The van der Waals surface area contributed by atoms with Gasteiger partial charge in [-0.25, -0.2) is 4.98 Å². The first kappa shape index (κ1) is 13.1. The normalized spacial score (nSPS) is 11.6. The molecule has 1 aromatic carbocycles. The van der Waals surface area contributed by atoms with E-state index >= 15 is 0 Å². The maximum Gasteiger partial charge on any atom is 0.182 e. The average Bonchev–Trinajstić information content (AvgIpc) is 2.74. The molecule has 3 aromatic rings. The number of halogens is 2. The van der Waals surface area contributed by atoms with Crippen LogP contribution in [0, 0.1) is 6.92 Å². The lowest BCUT2D eigenvalue weighted by molar-refractivity contribution is 1.09. The molecule has 2 heterocycles. The monoisotopic (exact) mass is 304 g/mol. The zero-order chi connectivity index (χ0) is 14.1. The summed E-state index contributed by atoms with van der Waals surface area (Å²) in [7, 11) is 0. The zero-order valence-corrected chi connectivity index (χ0v) is 12.1. The summed E-state index contributed by atoms with van der Waals surface area (Å²) in [4.78, 5) is 4.42. The van der Waals surface area contributed by atoms with Gasteiger partial charge >= 0.3 is 0 Å². The molecule has 100 valence electrons. The number of aryl methyl sites for hydroxylation is 1. The smallest absolute Gasteiger partial charge is 0.182 e. The summed E-state index contributed by atoms with van der Waals surface area (Å²) in [6.45, 7) is 1.89. The molecule has 0 aliphatic carbocycles. The molecule has 6 heteroatoms. The molecule has 0 unspecified atom stereocenters. The Balaban J connectivity index is 2.04. The topological polar surface area (TPSA) is 42.0 Å². The number of imidazole rings is 1. The second kappa shape index (κ2) is 5.23. The van der Waals surface area contributed by atoms with Crippen molar-refractivity contribution in [2.24, 2.45) is 10.2 Å². The Labute approximate surface area is 125 Å². The molecule has 0 bridgehead atoms. The van der Waals surface area contributed by atoms with Crippen LogP contribution in [0.3, 0.4) is 0 Å². The van der Waals surface area contributed by atoms with Gasteiger partial charge < -0.3 is 0 Å². The van der Waals surface area contributed by atoms with Crippen LogP contribution in [0.4, 0.5) is 11.5 Å². The molecule has 0 aliphatic heterocycles. The van der Waals surface area contributed by atoms with E-state index in [1.54, 1.807) is 18.2 Å². The number of pyridine rings is 1. The Morgan fingerprint density at radius 1 is 1.10 bits per heavy atom. The summed E-state index contributed by atoms with van der Waals surface area (Å²) in [6, 6.07) is 10.9. The fourth-order valence-corrected chi connectivity index (χ4v) is 2.33. The highest BCUT2D eigenvalue weighted by molar-refractivity contribution is 6.36. The van der Waals surface area contributed by atoms with Crippen LogP contribution in [0.1, 0.15) is 5.69 Å². The maximum absolute atomic E-state index is 6.07. The minimum atomic E-state index is 0.465. The van der Waals surface area contributed by atoms with Crippen LogP contribution < -0.4 is 0 Å². The summed E-state index contributed by atoms with van der Waals surface area (Å²) >= 11 is 11.9. The Morgan fingerprint density at radius 2 is 1.95 bits per heavy atom. The minimum absolute atomic E-state index is 0.465. The number of rotatable bonds is 2. The molecule has 0 N–H and O–H groups in total. The van der Waals surface area contributed by atoms with Gasteiger partial charge in [0.25, 0.3) is 0 Å². The van der Waals surface area contributed by atoms with Crippen molar-refractivity contribution < 1.29 is 0 Å². The van der Waals surface area contributed by atoms with Crippen molar-refractivity contribution in [3.63, 3.8) is 0 Å². The first-order valence-electron chi connectivity index (χ1n) is 5.95. The molecule has 4 nitrogen and oxygen atoms in total. The predicted molar refractivity (Wildman–Crippen MR) is 80.6 cm³/mol. The Morgan fingerprint density at radius 3 is 2.75 bits per heavy atom. The van der Waals surface area contributed by atoms with Crippen molar-refractivity contribution in [1.29, 1.82) is 0 Å². The Bertz CT molecular complexity index is 808. The third-order valence-corrected chi connectivity index (χ3v) is 3.37. The summed E-state index contributed by atoms with van der Waals surface area (Å²) in [5.41, 5.74) is 2.22. The van der Waals surface area contributed by atoms with E-state index in [2.05, 4.69) is 15.2 Å². The number of aromatic nitrogens is 2. The minimum Gasteiger partial charge on any atom is -0.283 e. The molecular weight excluding hydrogens is 295 g/mol. The molecule has 0 spiro atoms. The number of hydrogen-bond acceptors (Lipinski definition) is 3. The highest BCUT2D eigenvalue weighted by atomic mass is 35.5. The average molecular weight is 305 g/mol. The number of benzene rings is 1. The van der Waals surface area contributed by atoms with E-state index in [1.807, 2.05) is 35.7 Å². The molecule has 2 aromatic heterocycles. The molecule has 3 rings (SSSR count). The summed E-state index contributed by atoms with van der Waals surface area (Å²) in [6.07, 6.45) is 1.90. The summed E-state index contributed by atoms with van der Waals surface area (Å²) in [5, 5.41) is 9.46. The van der Waals surface area contributed by atoms with E-state index in [0.29, 0.717) is 21.6 Å². The molecule has 0 atom stereocenters. The van der Waals surface area contributed by atoms with Crippen molar-refractivity contribution in [3.8, 4) is 0 Å². The van der Waals surface area contributed by atoms with Crippen LogP contribution in [0.2, 0.25) is 10.0 Å². The largest absolute Gasteiger partial charge is 0.283 e. The molecule has 0 aliphatic rings. The van der Waals surface area contributed by atoms with Gasteiger partial charge in [0.1, 0.15) is 11.3 Å². The van der Waals surface area contributed by atoms with Gasteiger partial charge in [0.05, 0.1) is 10.7 Å². The molecule has 0 fully saturated rings. The first-order chi connectivity index (χ1) is 9.65. The summed E-state index contributed by atoms with van der Waals surface area (Å²) < 4.78 is 1.88. The second-order valence-corrected chi connectivity index (χ2v) is 5.09. The van der Waals surface area contributed by atoms with Gasteiger partial charge in [0.2, 0.25) is 0 Å². The Hall–Kier alpha value is -1.91. The Kier molecular flexibility index (Phi) is 3.42. The van der Waals surface area contributed by atoms with Gasteiger partial charge in [-0.3, -0.25) is 4.40 Å². The lowest BCUT2D eigenvalue weighted by Crippen LogP contribution is -1.80. The van der Waals surface area contributed by atoms with E-state index in [0.717, 1.165) is 11.3 Å². The molecule has 0 saturated heterocycles. The maximum atomic E-state index is 6.07. The highest BCUT2D eigenvalue weighted by Crippen LogP contribution is 2.30. The van der Waals surface area contributed by atoms with Crippen molar-refractivity contribution in [2.45, 2.75) is 6.92 Å². The standard InChI is InChI=1S/C14H10Cl2N4/c1-9-14(20-7-3-2-4-13(20)17-9)19-18-12-6-5-10(15)8-11(12)16/h2-8H,1H3. The van der Waals surface area contributed by atoms with Crippen LogP contribution in [-0.2, 0) is 0 Å². The van der Waals surface area contributed by atoms with E-state index in [9.17, 15) is 0 Å². The molecular formula is C14H10Cl2N4. The predicted octanol–water partition coefficient (Wildman–Crippen LogP) is 5.36. The van der Waals surface area contributed by atoms with Crippen molar-refractivity contribution >= 4 is 40.4 Å². The lowest BCUT2D eigenvalue weighted by Gasteiger charge is -1.98. The van der Waals surface area contributed by atoms with E-state index in [-0.39, 0.29) is 0 Å². The van der Waals surface area contributed by atoms with Crippen molar-refractivity contribution in [2.75, 3.05) is 0 Å². The molecule has 20 heavy (non-hydrogen) atoms. The molecule has 0 amide bonds. The van der Waals surface area contributed by atoms with Crippen LogP contribution in [0.5, 0.6) is 0 Å². The van der Waals surface area contributed by atoms with E-state index < -0.39 is 0 Å². The fourth-order valence-electron chi connectivity index (χ4n) is 1.88. The highest BCUT2D eigenvalue weighted by Gasteiger charge is 2.07. The number of azo groups is 1. The van der Waals surface area contributed by atoms with Gasteiger partial charge in [0, 0.05) is 11.2 Å². The quantitative estimate of drug-likeness (QED) is 0.587. The molecule has 0 saturated carbocycles. The van der Waals surface area contributed by atoms with Gasteiger partial charge in [-0.05, 0) is 37.3 Å². The second-order valence-electron chi connectivity index (χ2n) is 4.25. The lowest BCUT2D eigenvalue weighted by atomic mass is 10.3. The first-order valence-corrected chi connectivity index (χ1v) is 6.71.